The predicted octanol–water partition coefficient (Wildman–Crippen LogP) is 5.32. The fourth-order valence-corrected chi connectivity index (χ4v) is 4.72. The molecule has 130 valence electrons. The largest absolute Gasteiger partial charge is 0.467 e. The van der Waals surface area contributed by atoms with E-state index in [0.717, 1.165) is 34.8 Å². The van der Waals surface area contributed by atoms with Crippen LogP contribution >= 0.6 is 11.3 Å². The maximum Gasteiger partial charge on any atom is 0.163 e. The van der Waals surface area contributed by atoms with Gasteiger partial charge < -0.3 is 15.1 Å². The summed E-state index contributed by atoms with van der Waals surface area (Å²) in [4.78, 5) is 14.4. The molecule has 5 rings (SSSR count). The number of carbonyl (C=O) groups excluding carboxylic acids is 1. The lowest BCUT2D eigenvalue weighted by Crippen LogP contribution is -2.26. The lowest BCUT2D eigenvalue weighted by atomic mass is 9.82. The summed E-state index contributed by atoms with van der Waals surface area (Å²) in [6.45, 7) is 0. The molecule has 26 heavy (non-hydrogen) atoms. The Labute approximate surface area is 155 Å². The quantitative estimate of drug-likeness (QED) is 0.648. The van der Waals surface area contributed by atoms with E-state index in [0.29, 0.717) is 6.42 Å². The molecule has 0 bridgehead atoms. The molecule has 0 fully saturated rings. The highest BCUT2D eigenvalue weighted by Crippen LogP contribution is 2.44. The third-order valence-corrected chi connectivity index (χ3v) is 6.12. The number of hydrogen-bond acceptors (Lipinski definition) is 5. The minimum Gasteiger partial charge on any atom is -0.467 e. The Morgan fingerprint density at radius 3 is 2.65 bits per heavy atom. The van der Waals surface area contributed by atoms with E-state index in [1.54, 1.807) is 17.6 Å². The standard InChI is InChI=1S/C21H18N2O2S/c24-17-12-13(19-8-4-10-26-19)11-16-20(17)21(18-7-3-9-25-18)23-15-6-2-1-5-14(15)22-16/h1-10,13,21-23H,11-12H2/t13-,21-/m0/s1. The van der Waals surface area contributed by atoms with Gasteiger partial charge >= 0.3 is 0 Å². The first-order valence-electron chi connectivity index (χ1n) is 8.75. The number of thiophene rings is 1. The van der Waals surface area contributed by atoms with Crippen molar-refractivity contribution >= 4 is 28.5 Å². The van der Waals surface area contributed by atoms with Crippen molar-refractivity contribution in [3.8, 4) is 0 Å². The number of carbonyl (C=O) groups is 1. The van der Waals surface area contributed by atoms with E-state index in [-0.39, 0.29) is 17.7 Å². The zero-order chi connectivity index (χ0) is 17.5. The zero-order valence-electron chi connectivity index (χ0n) is 14.1. The van der Waals surface area contributed by atoms with Crippen molar-refractivity contribution in [1.82, 2.24) is 0 Å². The van der Waals surface area contributed by atoms with E-state index in [9.17, 15) is 4.79 Å². The van der Waals surface area contributed by atoms with Gasteiger partial charge in [0.25, 0.3) is 0 Å². The van der Waals surface area contributed by atoms with E-state index < -0.39 is 0 Å². The van der Waals surface area contributed by atoms with Gasteiger partial charge in [-0.3, -0.25) is 4.79 Å². The average molecular weight is 362 g/mol. The Kier molecular flexibility index (Phi) is 3.68. The van der Waals surface area contributed by atoms with Crippen LogP contribution in [0.2, 0.25) is 0 Å². The van der Waals surface area contributed by atoms with E-state index in [4.69, 9.17) is 4.42 Å². The Morgan fingerprint density at radius 2 is 1.88 bits per heavy atom. The van der Waals surface area contributed by atoms with E-state index >= 15 is 0 Å². The van der Waals surface area contributed by atoms with E-state index in [1.807, 2.05) is 36.4 Å². The van der Waals surface area contributed by atoms with Crippen LogP contribution in [0.25, 0.3) is 0 Å². The molecule has 0 saturated heterocycles. The molecule has 1 aliphatic carbocycles. The van der Waals surface area contributed by atoms with E-state index in [2.05, 4.69) is 28.1 Å². The number of para-hydroxylation sites is 2. The number of allylic oxidation sites excluding steroid dienone is 1. The first-order chi connectivity index (χ1) is 12.8. The Morgan fingerprint density at radius 1 is 1.00 bits per heavy atom. The maximum atomic E-state index is 13.2. The van der Waals surface area contributed by atoms with Gasteiger partial charge in [-0.15, -0.1) is 11.3 Å². The summed E-state index contributed by atoms with van der Waals surface area (Å²) in [6, 6.07) is 15.8. The maximum absolute atomic E-state index is 13.2. The molecule has 5 heteroatoms. The highest BCUT2D eigenvalue weighted by atomic mass is 32.1. The number of fused-ring (bicyclic) bond motifs is 1. The SMILES string of the molecule is O=C1C[C@@H](c2cccs2)CC2=C1[C@H](c1ccco1)Nc1ccccc1N2. The second-order valence-corrected chi connectivity index (χ2v) is 7.68. The molecule has 1 aromatic carbocycles. The molecule has 1 aliphatic heterocycles. The zero-order valence-corrected chi connectivity index (χ0v) is 14.9. The smallest absolute Gasteiger partial charge is 0.163 e. The molecule has 4 nitrogen and oxygen atoms in total. The van der Waals surface area contributed by atoms with Gasteiger partial charge in [-0.05, 0) is 42.1 Å². The molecular formula is C21H18N2O2S. The first kappa shape index (κ1) is 15.5. The van der Waals surface area contributed by atoms with Crippen molar-refractivity contribution in [2.45, 2.75) is 24.8 Å². The van der Waals surface area contributed by atoms with Crippen molar-refractivity contribution in [1.29, 1.82) is 0 Å². The molecular weight excluding hydrogens is 344 g/mol. The predicted molar refractivity (Wildman–Crippen MR) is 103 cm³/mol. The third kappa shape index (κ3) is 2.56. The lowest BCUT2D eigenvalue weighted by Gasteiger charge is -2.28. The summed E-state index contributed by atoms with van der Waals surface area (Å²) in [5.41, 5.74) is 3.76. The summed E-state index contributed by atoms with van der Waals surface area (Å²) < 4.78 is 5.67. The summed E-state index contributed by atoms with van der Waals surface area (Å²) in [5, 5.41) is 9.12. The van der Waals surface area contributed by atoms with Crippen LogP contribution in [0.3, 0.4) is 0 Å². The minimum atomic E-state index is -0.270. The van der Waals surface area contributed by atoms with Crippen molar-refractivity contribution < 1.29 is 9.21 Å². The lowest BCUT2D eigenvalue weighted by molar-refractivity contribution is -0.116. The van der Waals surface area contributed by atoms with Crippen LogP contribution in [0.1, 0.15) is 35.4 Å². The van der Waals surface area contributed by atoms with Gasteiger partial charge in [0.2, 0.25) is 0 Å². The number of rotatable bonds is 2. The summed E-state index contributed by atoms with van der Waals surface area (Å²) in [6.07, 6.45) is 3.02. The number of furan rings is 1. The second kappa shape index (κ2) is 6.18. The van der Waals surface area contributed by atoms with E-state index in [1.165, 1.54) is 4.88 Å². The monoisotopic (exact) mass is 362 g/mol. The van der Waals surface area contributed by atoms with Crippen molar-refractivity contribution in [2.24, 2.45) is 0 Å². The van der Waals surface area contributed by atoms with Gasteiger partial charge in [0.15, 0.2) is 5.78 Å². The Hall–Kier alpha value is -2.79. The molecule has 3 heterocycles. The van der Waals surface area contributed by atoms with Gasteiger partial charge in [0, 0.05) is 28.5 Å². The van der Waals surface area contributed by atoms with Gasteiger partial charge in [-0.2, -0.15) is 0 Å². The van der Waals surface area contributed by atoms with Crippen LogP contribution < -0.4 is 10.6 Å². The van der Waals surface area contributed by atoms with Crippen molar-refractivity contribution in [3.05, 3.63) is 82.1 Å². The molecule has 0 spiro atoms. The number of ketones is 1. The van der Waals surface area contributed by atoms with Crippen LogP contribution in [-0.2, 0) is 4.79 Å². The fourth-order valence-electron chi connectivity index (χ4n) is 3.89. The number of hydrogen-bond donors (Lipinski definition) is 2. The van der Waals surface area contributed by atoms with Gasteiger partial charge in [-0.1, -0.05) is 18.2 Å². The molecule has 2 aliphatic rings. The highest BCUT2D eigenvalue weighted by Gasteiger charge is 2.37. The Bertz CT molecular complexity index is 973. The van der Waals surface area contributed by atoms with Crippen LogP contribution in [0.15, 0.2) is 75.9 Å². The first-order valence-corrected chi connectivity index (χ1v) is 9.63. The molecule has 2 N–H and O–H groups in total. The highest BCUT2D eigenvalue weighted by molar-refractivity contribution is 7.10. The molecule has 3 aromatic rings. The number of anilines is 2. The van der Waals surface area contributed by atoms with Gasteiger partial charge in [0.05, 0.1) is 17.6 Å². The minimum absolute atomic E-state index is 0.179. The molecule has 0 radical (unpaired) electrons. The molecule has 0 saturated carbocycles. The molecule has 2 aromatic heterocycles. The fraction of sp³-hybridized carbons (Fsp3) is 0.190. The number of Topliss-reactive ketones (excluding diaryl/α,β-unsaturated/α-hetero) is 1. The third-order valence-electron chi connectivity index (χ3n) is 5.08. The van der Waals surface area contributed by atoms with Crippen molar-refractivity contribution in [3.63, 3.8) is 0 Å². The molecule has 2 atom stereocenters. The summed E-state index contributed by atoms with van der Waals surface area (Å²) >= 11 is 1.72. The second-order valence-electron chi connectivity index (χ2n) is 6.70. The molecule has 0 unspecified atom stereocenters. The summed E-state index contributed by atoms with van der Waals surface area (Å²) in [7, 11) is 0. The number of nitrogens with one attached hydrogen (secondary N) is 2. The average Bonchev–Trinajstić information content (AvgIpc) is 3.33. The van der Waals surface area contributed by atoms with Crippen LogP contribution in [-0.4, -0.2) is 5.78 Å². The Balaban J connectivity index is 1.62. The number of benzene rings is 1. The van der Waals surface area contributed by atoms with Crippen LogP contribution in [0.4, 0.5) is 11.4 Å². The van der Waals surface area contributed by atoms with Gasteiger partial charge in [0.1, 0.15) is 11.8 Å². The molecule has 0 amide bonds. The van der Waals surface area contributed by atoms with Crippen LogP contribution in [0.5, 0.6) is 0 Å². The topological polar surface area (TPSA) is 54.3 Å². The van der Waals surface area contributed by atoms with Gasteiger partial charge in [-0.25, -0.2) is 0 Å². The summed E-state index contributed by atoms with van der Waals surface area (Å²) in [5.74, 6) is 1.18. The van der Waals surface area contributed by atoms with Crippen molar-refractivity contribution in [2.75, 3.05) is 10.6 Å². The van der Waals surface area contributed by atoms with Crippen LogP contribution in [0, 0.1) is 0 Å². The normalized spacial score (nSPS) is 22.1.